The SMILES string of the molecule is Fc1ccc(CO/N=[C]\C2CCCC2)cc1F. The summed E-state index contributed by atoms with van der Waals surface area (Å²) in [4.78, 5) is 5.00. The third-order valence-electron chi connectivity index (χ3n) is 2.87. The van der Waals surface area contributed by atoms with E-state index < -0.39 is 11.6 Å². The summed E-state index contributed by atoms with van der Waals surface area (Å²) in [5.41, 5.74) is 0.556. The van der Waals surface area contributed by atoms with Gasteiger partial charge in [-0.3, -0.25) is 0 Å². The second-order valence-electron chi connectivity index (χ2n) is 4.22. The van der Waals surface area contributed by atoms with Gasteiger partial charge in [0.25, 0.3) is 0 Å². The zero-order valence-corrected chi connectivity index (χ0v) is 9.46. The fraction of sp³-hybridized carbons (Fsp3) is 0.462. The molecule has 0 aromatic heterocycles. The van der Waals surface area contributed by atoms with Gasteiger partial charge in [-0.2, -0.15) is 0 Å². The molecule has 0 unspecified atom stereocenters. The van der Waals surface area contributed by atoms with Crippen molar-refractivity contribution in [3.05, 3.63) is 35.4 Å². The third-order valence-corrected chi connectivity index (χ3v) is 2.87. The molecule has 0 atom stereocenters. The van der Waals surface area contributed by atoms with Gasteiger partial charge in [-0.05, 0) is 30.5 Å². The molecule has 0 saturated heterocycles. The van der Waals surface area contributed by atoms with E-state index >= 15 is 0 Å². The molecule has 0 heterocycles. The van der Waals surface area contributed by atoms with E-state index in [1.807, 2.05) is 0 Å². The lowest BCUT2D eigenvalue weighted by atomic mass is 10.1. The molecule has 0 aliphatic heterocycles. The van der Waals surface area contributed by atoms with Crippen LogP contribution in [0.4, 0.5) is 8.78 Å². The molecule has 1 aromatic carbocycles. The number of nitrogens with zero attached hydrogens (tertiary/aromatic N) is 1. The first-order valence-electron chi connectivity index (χ1n) is 5.77. The number of rotatable bonds is 4. The van der Waals surface area contributed by atoms with Crippen LogP contribution in [0.5, 0.6) is 0 Å². The van der Waals surface area contributed by atoms with E-state index in [4.69, 9.17) is 4.84 Å². The Morgan fingerprint density at radius 3 is 2.71 bits per heavy atom. The molecule has 17 heavy (non-hydrogen) atoms. The van der Waals surface area contributed by atoms with Crippen LogP contribution in [0.1, 0.15) is 31.2 Å². The first-order valence-corrected chi connectivity index (χ1v) is 5.77. The Kier molecular flexibility index (Phi) is 4.07. The van der Waals surface area contributed by atoms with Gasteiger partial charge < -0.3 is 4.84 Å². The highest BCUT2D eigenvalue weighted by molar-refractivity contribution is 5.60. The van der Waals surface area contributed by atoms with Crippen molar-refractivity contribution in [2.75, 3.05) is 0 Å². The highest BCUT2D eigenvalue weighted by Crippen LogP contribution is 2.22. The summed E-state index contributed by atoms with van der Waals surface area (Å²) in [7, 11) is 0. The Labute approximate surface area is 99.3 Å². The topological polar surface area (TPSA) is 21.6 Å². The minimum atomic E-state index is -0.866. The maximum atomic E-state index is 12.9. The Morgan fingerprint density at radius 2 is 2.00 bits per heavy atom. The van der Waals surface area contributed by atoms with Gasteiger partial charge in [-0.15, -0.1) is 0 Å². The van der Waals surface area contributed by atoms with Crippen molar-refractivity contribution in [2.24, 2.45) is 11.1 Å². The molecule has 1 aromatic rings. The van der Waals surface area contributed by atoms with Crippen LogP contribution >= 0.6 is 0 Å². The van der Waals surface area contributed by atoms with E-state index in [-0.39, 0.29) is 6.61 Å². The van der Waals surface area contributed by atoms with Gasteiger partial charge in [0.2, 0.25) is 0 Å². The molecule has 1 radical (unpaired) electrons. The standard InChI is InChI=1S/C13H14F2NO/c14-12-6-5-11(7-13(12)15)9-17-16-8-10-3-1-2-4-10/h5-7,10H,1-4,9H2. The van der Waals surface area contributed by atoms with Gasteiger partial charge in [-0.25, -0.2) is 8.78 Å². The van der Waals surface area contributed by atoms with Crippen LogP contribution < -0.4 is 0 Å². The lowest BCUT2D eigenvalue weighted by Gasteiger charge is -2.01. The van der Waals surface area contributed by atoms with Crippen LogP contribution in [0.25, 0.3) is 0 Å². The molecule has 1 fully saturated rings. The lowest BCUT2D eigenvalue weighted by molar-refractivity contribution is 0.130. The summed E-state index contributed by atoms with van der Waals surface area (Å²) in [6, 6.07) is 3.67. The van der Waals surface area contributed by atoms with Gasteiger partial charge in [0.15, 0.2) is 11.6 Å². The van der Waals surface area contributed by atoms with Crippen molar-refractivity contribution < 1.29 is 13.6 Å². The highest BCUT2D eigenvalue weighted by atomic mass is 19.2. The summed E-state index contributed by atoms with van der Waals surface area (Å²) in [5.74, 6) is -1.33. The van der Waals surface area contributed by atoms with Gasteiger partial charge >= 0.3 is 0 Å². The average molecular weight is 238 g/mol. The second-order valence-corrected chi connectivity index (χ2v) is 4.22. The van der Waals surface area contributed by atoms with Crippen LogP contribution in [-0.4, -0.2) is 6.21 Å². The largest absolute Gasteiger partial charge is 0.391 e. The molecule has 0 spiro atoms. The molecule has 2 nitrogen and oxygen atoms in total. The predicted octanol–water partition coefficient (Wildman–Crippen LogP) is 3.53. The number of benzene rings is 1. The number of hydrogen-bond acceptors (Lipinski definition) is 2. The Hall–Kier alpha value is -1.45. The van der Waals surface area contributed by atoms with Crippen LogP contribution in [-0.2, 0) is 11.4 Å². The highest BCUT2D eigenvalue weighted by Gasteiger charge is 2.13. The molecule has 2 rings (SSSR count). The van der Waals surface area contributed by atoms with E-state index in [9.17, 15) is 8.78 Å². The first-order chi connectivity index (χ1) is 8.25. The molecule has 0 amide bonds. The van der Waals surface area contributed by atoms with Crippen LogP contribution in [0.15, 0.2) is 23.4 Å². The average Bonchev–Trinajstić information content (AvgIpc) is 2.82. The quantitative estimate of drug-likeness (QED) is 0.580. The zero-order chi connectivity index (χ0) is 12.1. The third kappa shape index (κ3) is 3.51. The van der Waals surface area contributed by atoms with E-state index in [1.165, 1.54) is 18.9 Å². The van der Waals surface area contributed by atoms with Crippen molar-refractivity contribution >= 4 is 6.21 Å². The summed E-state index contributed by atoms with van der Waals surface area (Å²) in [6.45, 7) is 0.136. The van der Waals surface area contributed by atoms with Crippen molar-refractivity contribution in [3.63, 3.8) is 0 Å². The maximum Gasteiger partial charge on any atom is 0.159 e. The molecule has 0 bridgehead atoms. The van der Waals surface area contributed by atoms with Gasteiger partial charge in [-0.1, -0.05) is 24.1 Å². The monoisotopic (exact) mass is 238 g/mol. The smallest absolute Gasteiger partial charge is 0.159 e. The fourth-order valence-electron chi connectivity index (χ4n) is 1.90. The fourth-order valence-corrected chi connectivity index (χ4v) is 1.90. The van der Waals surface area contributed by atoms with E-state index in [0.29, 0.717) is 11.5 Å². The summed E-state index contributed by atoms with van der Waals surface area (Å²) >= 11 is 0. The van der Waals surface area contributed by atoms with Crippen molar-refractivity contribution in [1.29, 1.82) is 0 Å². The lowest BCUT2D eigenvalue weighted by Crippen LogP contribution is -1.96. The summed E-state index contributed by atoms with van der Waals surface area (Å²) in [6.07, 6.45) is 7.57. The minimum absolute atomic E-state index is 0.136. The summed E-state index contributed by atoms with van der Waals surface area (Å²) < 4.78 is 25.5. The van der Waals surface area contributed by atoms with Gasteiger partial charge in [0.1, 0.15) is 12.8 Å². The molecule has 1 aliphatic rings. The molecule has 4 heteroatoms. The Morgan fingerprint density at radius 1 is 1.24 bits per heavy atom. The van der Waals surface area contributed by atoms with Crippen molar-refractivity contribution in [1.82, 2.24) is 0 Å². The normalized spacial score (nSPS) is 16.8. The van der Waals surface area contributed by atoms with Crippen LogP contribution in [0.2, 0.25) is 0 Å². The Balaban J connectivity index is 1.79. The number of halogens is 2. The van der Waals surface area contributed by atoms with Gasteiger partial charge in [0, 0.05) is 5.92 Å². The van der Waals surface area contributed by atoms with E-state index in [2.05, 4.69) is 11.4 Å². The minimum Gasteiger partial charge on any atom is -0.391 e. The Bertz CT molecular complexity index is 400. The molecule has 0 N–H and O–H groups in total. The maximum absolute atomic E-state index is 12.9. The van der Waals surface area contributed by atoms with E-state index in [1.54, 1.807) is 0 Å². The summed E-state index contributed by atoms with van der Waals surface area (Å²) in [5, 5.41) is 3.73. The molecule has 1 saturated carbocycles. The predicted molar refractivity (Wildman–Crippen MR) is 60.5 cm³/mol. The molecular formula is C13H14F2NO. The second kappa shape index (κ2) is 5.75. The zero-order valence-electron chi connectivity index (χ0n) is 9.46. The van der Waals surface area contributed by atoms with Gasteiger partial charge in [0.05, 0.1) is 0 Å². The van der Waals surface area contributed by atoms with E-state index in [0.717, 1.165) is 25.0 Å². The molecular weight excluding hydrogens is 224 g/mol. The van der Waals surface area contributed by atoms with Crippen molar-refractivity contribution in [2.45, 2.75) is 32.3 Å². The molecule has 91 valence electrons. The van der Waals surface area contributed by atoms with Crippen LogP contribution in [0.3, 0.4) is 0 Å². The van der Waals surface area contributed by atoms with Crippen LogP contribution in [0, 0.1) is 17.6 Å². The number of hydrogen-bond donors (Lipinski definition) is 0. The first kappa shape index (κ1) is 12.0. The molecule has 1 aliphatic carbocycles. The van der Waals surface area contributed by atoms with Crippen molar-refractivity contribution in [3.8, 4) is 0 Å².